The average Bonchev–Trinajstić information content (AvgIpc) is 2.90. The van der Waals surface area contributed by atoms with Gasteiger partial charge in [-0.05, 0) is 18.1 Å². The van der Waals surface area contributed by atoms with Crippen LogP contribution in [0.5, 0.6) is 0 Å². The molecule has 130 valence electrons. The highest BCUT2D eigenvalue weighted by atomic mass is 32.1. The summed E-state index contributed by atoms with van der Waals surface area (Å²) in [7, 11) is 0. The average molecular weight is 365 g/mol. The first-order chi connectivity index (χ1) is 11.7. The zero-order valence-corrected chi connectivity index (χ0v) is 14.0. The van der Waals surface area contributed by atoms with Crippen LogP contribution in [-0.4, -0.2) is 10.9 Å². The van der Waals surface area contributed by atoms with Crippen LogP contribution in [0.1, 0.15) is 27.7 Å². The van der Waals surface area contributed by atoms with Crippen LogP contribution < -0.4 is 11.5 Å². The number of carbonyl (C=O) groups excluding carboxylic acids is 1. The quantitative estimate of drug-likeness (QED) is 0.729. The number of aryl methyl sites for hydroxylation is 1. The summed E-state index contributed by atoms with van der Waals surface area (Å²) in [6.07, 6.45) is -3.81. The van der Waals surface area contributed by atoms with Crippen molar-refractivity contribution in [2.75, 3.05) is 5.73 Å². The molecule has 3 aromatic rings. The Hall–Kier alpha value is -2.61. The van der Waals surface area contributed by atoms with Gasteiger partial charge in [-0.1, -0.05) is 31.2 Å². The topological polar surface area (TPSA) is 82.0 Å². The Morgan fingerprint density at radius 2 is 1.88 bits per heavy atom. The molecule has 0 saturated heterocycles. The number of carbonyl (C=O) groups is 1. The molecule has 8 heteroatoms. The molecule has 25 heavy (non-hydrogen) atoms. The van der Waals surface area contributed by atoms with Crippen LogP contribution in [0.4, 0.5) is 18.9 Å². The van der Waals surface area contributed by atoms with Gasteiger partial charge in [-0.2, -0.15) is 13.2 Å². The summed E-state index contributed by atoms with van der Waals surface area (Å²) in [4.78, 5) is 15.6. The van der Waals surface area contributed by atoms with Gasteiger partial charge in [0.05, 0.1) is 16.9 Å². The van der Waals surface area contributed by atoms with Crippen molar-refractivity contribution in [2.45, 2.75) is 19.5 Å². The number of nitrogens with zero attached hydrogens (tertiary/aromatic N) is 1. The number of nitrogen functional groups attached to an aromatic ring is 1. The van der Waals surface area contributed by atoms with Gasteiger partial charge >= 0.3 is 6.18 Å². The molecule has 0 aliphatic heterocycles. The van der Waals surface area contributed by atoms with Crippen LogP contribution in [0.25, 0.3) is 21.5 Å². The Bertz CT molecular complexity index is 962. The fourth-order valence-electron chi connectivity index (χ4n) is 2.59. The van der Waals surface area contributed by atoms with E-state index in [0.717, 1.165) is 29.4 Å². The Kier molecular flexibility index (Phi) is 4.16. The maximum atomic E-state index is 13.5. The van der Waals surface area contributed by atoms with Gasteiger partial charge in [0.15, 0.2) is 0 Å². The van der Waals surface area contributed by atoms with Crippen molar-refractivity contribution >= 4 is 33.1 Å². The number of rotatable bonds is 3. The van der Waals surface area contributed by atoms with Gasteiger partial charge in [-0.15, -0.1) is 11.3 Å². The van der Waals surface area contributed by atoms with Crippen molar-refractivity contribution in [3.8, 4) is 11.3 Å². The number of anilines is 1. The number of halogens is 3. The van der Waals surface area contributed by atoms with Crippen molar-refractivity contribution in [3.63, 3.8) is 0 Å². The van der Waals surface area contributed by atoms with E-state index in [1.165, 1.54) is 0 Å². The lowest BCUT2D eigenvalue weighted by atomic mass is 10.0. The van der Waals surface area contributed by atoms with Crippen molar-refractivity contribution in [3.05, 3.63) is 46.3 Å². The second-order valence-electron chi connectivity index (χ2n) is 5.49. The minimum Gasteiger partial charge on any atom is -0.397 e. The number of nitrogens with two attached hydrogens (primary N) is 2. The number of fused-ring (bicyclic) bond motifs is 1. The lowest BCUT2D eigenvalue weighted by Crippen LogP contribution is -2.11. The van der Waals surface area contributed by atoms with E-state index in [1.54, 1.807) is 12.1 Å². The number of primary amides is 1. The molecular weight excluding hydrogens is 351 g/mol. The molecule has 0 spiro atoms. The van der Waals surface area contributed by atoms with Gasteiger partial charge in [-0.3, -0.25) is 4.79 Å². The fourth-order valence-corrected chi connectivity index (χ4v) is 3.56. The minimum atomic E-state index is -4.64. The third-order valence-corrected chi connectivity index (χ3v) is 5.00. The second kappa shape index (κ2) is 6.03. The summed E-state index contributed by atoms with van der Waals surface area (Å²) >= 11 is 0.768. The molecule has 1 aromatic carbocycles. The molecule has 0 atom stereocenters. The SMILES string of the molecule is CCc1ccc(-c2cc(C(F)(F)F)c3c(N)c(C(N)=O)sc3n2)cc1. The zero-order chi connectivity index (χ0) is 18.4. The Balaban J connectivity index is 2.29. The highest BCUT2D eigenvalue weighted by molar-refractivity contribution is 7.21. The van der Waals surface area contributed by atoms with E-state index in [4.69, 9.17) is 11.5 Å². The van der Waals surface area contributed by atoms with E-state index in [1.807, 2.05) is 19.1 Å². The third-order valence-electron chi connectivity index (χ3n) is 3.89. The zero-order valence-electron chi connectivity index (χ0n) is 13.1. The van der Waals surface area contributed by atoms with Gasteiger partial charge in [0.1, 0.15) is 9.71 Å². The third kappa shape index (κ3) is 3.05. The van der Waals surface area contributed by atoms with Crippen molar-refractivity contribution in [2.24, 2.45) is 5.73 Å². The van der Waals surface area contributed by atoms with Crippen molar-refractivity contribution in [1.82, 2.24) is 4.98 Å². The number of hydrogen-bond acceptors (Lipinski definition) is 4. The Morgan fingerprint density at radius 3 is 2.40 bits per heavy atom. The molecule has 1 amide bonds. The smallest absolute Gasteiger partial charge is 0.397 e. The number of hydrogen-bond donors (Lipinski definition) is 2. The summed E-state index contributed by atoms with van der Waals surface area (Å²) in [5.41, 5.74) is 11.5. The lowest BCUT2D eigenvalue weighted by Gasteiger charge is -2.11. The standard InChI is InChI=1S/C17H14F3N3OS/c1-2-8-3-5-9(6-4-8)11-7-10(17(18,19)20)12-13(21)14(15(22)24)25-16(12)23-11/h3-7H,2,21H2,1H3,(H2,22,24). The molecule has 4 nitrogen and oxygen atoms in total. The molecule has 2 heterocycles. The Morgan fingerprint density at radius 1 is 1.24 bits per heavy atom. The first-order valence-electron chi connectivity index (χ1n) is 7.41. The number of alkyl halides is 3. The van der Waals surface area contributed by atoms with Crippen LogP contribution in [-0.2, 0) is 12.6 Å². The van der Waals surface area contributed by atoms with E-state index in [-0.39, 0.29) is 26.5 Å². The normalized spacial score (nSPS) is 11.8. The lowest BCUT2D eigenvalue weighted by molar-refractivity contribution is -0.136. The second-order valence-corrected chi connectivity index (χ2v) is 6.49. The molecular formula is C17H14F3N3OS. The molecule has 0 saturated carbocycles. The number of amides is 1. The maximum absolute atomic E-state index is 13.5. The highest BCUT2D eigenvalue weighted by Crippen LogP contribution is 2.43. The van der Waals surface area contributed by atoms with Gasteiger partial charge in [-0.25, -0.2) is 4.98 Å². The van der Waals surface area contributed by atoms with E-state index >= 15 is 0 Å². The van der Waals surface area contributed by atoms with E-state index in [9.17, 15) is 18.0 Å². The monoisotopic (exact) mass is 365 g/mol. The van der Waals surface area contributed by atoms with Crippen LogP contribution >= 0.6 is 11.3 Å². The molecule has 3 rings (SSSR count). The first kappa shape index (κ1) is 17.2. The fraction of sp³-hybridized carbons (Fsp3) is 0.176. The van der Waals surface area contributed by atoms with E-state index in [2.05, 4.69) is 4.98 Å². The molecule has 0 aliphatic carbocycles. The van der Waals surface area contributed by atoms with Crippen LogP contribution in [0.3, 0.4) is 0 Å². The van der Waals surface area contributed by atoms with E-state index in [0.29, 0.717) is 5.56 Å². The Labute approximate surface area is 145 Å². The van der Waals surface area contributed by atoms with Crippen LogP contribution in [0.15, 0.2) is 30.3 Å². The molecule has 0 bridgehead atoms. The number of benzene rings is 1. The number of pyridine rings is 1. The first-order valence-corrected chi connectivity index (χ1v) is 8.23. The van der Waals surface area contributed by atoms with E-state index < -0.39 is 17.6 Å². The molecule has 0 radical (unpaired) electrons. The number of aromatic nitrogens is 1. The summed E-state index contributed by atoms with van der Waals surface area (Å²) in [5.74, 6) is -0.873. The summed E-state index contributed by atoms with van der Waals surface area (Å²) in [6.45, 7) is 1.99. The van der Waals surface area contributed by atoms with Crippen LogP contribution in [0.2, 0.25) is 0 Å². The molecule has 4 N–H and O–H groups in total. The highest BCUT2D eigenvalue weighted by Gasteiger charge is 2.36. The van der Waals surface area contributed by atoms with Crippen molar-refractivity contribution in [1.29, 1.82) is 0 Å². The summed E-state index contributed by atoms with van der Waals surface area (Å²) in [6, 6.07) is 8.08. The summed E-state index contributed by atoms with van der Waals surface area (Å²) in [5, 5.41) is -0.278. The number of thiophene rings is 1. The predicted molar refractivity (Wildman–Crippen MR) is 92.4 cm³/mol. The largest absolute Gasteiger partial charge is 0.417 e. The maximum Gasteiger partial charge on any atom is 0.417 e. The van der Waals surface area contributed by atoms with Crippen molar-refractivity contribution < 1.29 is 18.0 Å². The van der Waals surface area contributed by atoms with Gasteiger partial charge in [0.2, 0.25) is 0 Å². The summed E-state index contributed by atoms with van der Waals surface area (Å²) < 4.78 is 40.6. The molecule has 0 aliphatic rings. The molecule has 2 aromatic heterocycles. The predicted octanol–water partition coefficient (Wildman–Crippen LogP) is 4.23. The van der Waals surface area contributed by atoms with Gasteiger partial charge in [0.25, 0.3) is 5.91 Å². The molecule has 0 fully saturated rings. The van der Waals surface area contributed by atoms with Gasteiger partial charge < -0.3 is 11.5 Å². The van der Waals surface area contributed by atoms with Crippen LogP contribution in [0, 0.1) is 0 Å². The minimum absolute atomic E-state index is 0.0377. The molecule has 0 unspecified atom stereocenters. The van der Waals surface area contributed by atoms with Gasteiger partial charge in [0, 0.05) is 10.9 Å².